The van der Waals surface area contributed by atoms with Gasteiger partial charge in [0.05, 0.1) is 12.2 Å². The molecular formula is C144H280O2. The van der Waals surface area contributed by atoms with Gasteiger partial charge in [-0.2, -0.15) is 0 Å². The maximum absolute atomic E-state index is 5.62. The third kappa shape index (κ3) is 60.7. The fourth-order valence-corrected chi connectivity index (χ4v) is 18.2. The van der Waals surface area contributed by atoms with Crippen LogP contribution in [0.2, 0.25) is 0 Å². The van der Waals surface area contributed by atoms with Crippen LogP contribution in [0.4, 0.5) is 0 Å². The molecular weight excluding hydrogens is 1760 g/mol. The van der Waals surface area contributed by atoms with Crippen molar-refractivity contribution >= 4 is 0 Å². The SMILES string of the molecule is CC(C)/C=C\C=C/C(C)C.CC(C)C(C)(C)C(C)(C)C(C)(C)C(C)(C)C(C)C.CC(C)C(C)(C)C(C)(C)C(C)(C)C(C)C.CC(C)C(C)(C)CC(C)(C)C(C)C.CC(C)C(C)(C)CCC(C)(C)C(C)C.CC(C)C(C)(C)c1ccccc1C(C)(C)C(C)C.CC(C)C1CCC(C(C)C)C1.CC(C)CCCC(C)C.CC(C)CCCCC(C)C.CC(C)Cc1ccccc1CC(C)C.CC(C)Oc1ccccc1OC(C)C. The van der Waals surface area contributed by atoms with Crippen LogP contribution >= 0.6 is 0 Å². The predicted octanol–water partition coefficient (Wildman–Crippen LogP) is 49.0. The van der Waals surface area contributed by atoms with Crippen LogP contribution in [0.3, 0.4) is 0 Å². The Balaban J connectivity index is -0.000000293. The first-order valence-corrected chi connectivity index (χ1v) is 61.4. The van der Waals surface area contributed by atoms with Gasteiger partial charge in [0.15, 0.2) is 11.5 Å². The van der Waals surface area contributed by atoms with Gasteiger partial charge in [-0.1, -0.05) is 587 Å². The number of unbranched alkanes of at least 4 members (excludes halogenated alkanes) is 1. The number of hydrogen-bond donors (Lipinski definition) is 0. The van der Waals surface area contributed by atoms with Gasteiger partial charge in [0.2, 0.25) is 0 Å². The van der Waals surface area contributed by atoms with Crippen molar-refractivity contribution in [2.45, 2.75) is 604 Å². The Morgan fingerprint density at radius 2 is 0.479 bits per heavy atom. The van der Waals surface area contributed by atoms with E-state index in [4.69, 9.17) is 9.47 Å². The molecule has 4 rings (SSSR count). The van der Waals surface area contributed by atoms with Crippen molar-refractivity contribution in [3.8, 4) is 11.5 Å². The Bertz CT molecular complexity index is 3410. The van der Waals surface area contributed by atoms with Crippen LogP contribution in [0.1, 0.15) is 590 Å². The van der Waals surface area contributed by atoms with Gasteiger partial charge in [-0.25, -0.2) is 0 Å². The minimum atomic E-state index is 0.173. The molecule has 868 valence electrons. The van der Waals surface area contributed by atoms with E-state index in [0.717, 1.165) is 94.3 Å². The van der Waals surface area contributed by atoms with Crippen LogP contribution in [0.25, 0.3) is 0 Å². The minimum absolute atomic E-state index is 0.173. The second kappa shape index (κ2) is 71.8. The molecule has 146 heavy (non-hydrogen) atoms. The summed E-state index contributed by atoms with van der Waals surface area (Å²) in [6.45, 7) is 163. The van der Waals surface area contributed by atoms with E-state index >= 15 is 0 Å². The molecule has 0 spiro atoms. The highest BCUT2D eigenvalue weighted by Gasteiger charge is 2.56. The standard InChI is InChI=1S/C18H30.C18H38.C15H32.C14H22.C14H30.C13H28.C12H18O2.C11H22.C10H22.C10H18.C9H20/c1-13(2)17(5,6)15-11-9-10-12-16(15)18(7,8)14(3)4;1-13(2)15(5,6)17(9,10)18(11,12)16(7,8)14(3)4;1-11(2)13(5,6)15(9,10)14(7,8)12(3)4;1-11(2)9-13-7-5-6-8-14(13)10-12(3)4;1-11(2)13(5,6)9-10-14(7,8)12(3)4;1-10(2)12(5,6)9-13(7,8)11(3)4;1-9(2)13-11-7-5-6-8-12(11)14-10(3)4;1-8(2)10-5-6-11(7-10)9(3)4;2*1-9(2)7-5-6-8-10(3)4;1-8(2)6-5-7-9(3)4/h9-14H,1-8H3;13-14H,1-12H3;11-12H,1-10H3;5-8,11-12H,9-10H2,1-4H3;11-12H,9-10H2,1-8H3;10-11H,9H2,1-8H3;5-10H,1-4H3;8-11H,5-7H2,1-4H3;9-10H,5-8H2,1-4H3;5-10H,1-4H3;8-9H,5-7H2,1-4H3/b;;;;;;;;;7-5-,8-6-;. The summed E-state index contributed by atoms with van der Waals surface area (Å²) in [5, 5.41) is 0. The first-order chi connectivity index (χ1) is 65.5. The van der Waals surface area contributed by atoms with Crippen molar-refractivity contribution in [1.29, 1.82) is 0 Å². The van der Waals surface area contributed by atoms with Gasteiger partial charge in [-0.15, -0.1) is 0 Å². The zero-order chi connectivity index (χ0) is 117. The molecule has 1 fully saturated rings. The Hall–Kier alpha value is -3.26. The highest BCUT2D eigenvalue weighted by Crippen LogP contribution is 2.63. The third-order valence-electron chi connectivity index (χ3n) is 39.4. The number of allylic oxidation sites excluding steroid dienone is 4. The average Bonchev–Trinajstić information content (AvgIpc) is 0.820. The van der Waals surface area contributed by atoms with Crippen LogP contribution in [-0.2, 0) is 23.7 Å². The Morgan fingerprint density at radius 3 is 0.671 bits per heavy atom. The Kier molecular flexibility index (Phi) is 76.5. The highest BCUT2D eigenvalue weighted by atomic mass is 16.5. The monoisotopic (exact) mass is 2040 g/mol. The lowest BCUT2D eigenvalue weighted by Crippen LogP contribution is -2.54. The first kappa shape index (κ1) is 156. The van der Waals surface area contributed by atoms with E-state index in [2.05, 4.69) is 530 Å². The number of rotatable bonds is 44. The molecule has 0 heterocycles. The van der Waals surface area contributed by atoms with Crippen LogP contribution in [-0.4, -0.2) is 12.2 Å². The number of para-hydroxylation sites is 2. The predicted molar refractivity (Wildman–Crippen MR) is 678 cm³/mol. The summed E-state index contributed by atoms with van der Waals surface area (Å²) in [5.41, 5.74) is 10.7. The van der Waals surface area contributed by atoms with Gasteiger partial charge in [0.1, 0.15) is 0 Å². The smallest absolute Gasteiger partial charge is 0.161 e. The van der Waals surface area contributed by atoms with E-state index < -0.39 is 0 Å². The summed E-state index contributed by atoms with van der Waals surface area (Å²) in [7, 11) is 0. The number of benzene rings is 3. The minimum Gasteiger partial charge on any atom is -0.487 e. The highest BCUT2D eigenvalue weighted by molar-refractivity contribution is 5.40. The molecule has 2 heteroatoms. The summed E-state index contributed by atoms with van der Waals surface area (Å²) in [6.07, 6.45) is 29.7. The van der Waals surface area contributed by atoms with E-state index in [0.29, 0.717) is 96.1 Å². The van der Waals surface area contributed by atoms with E-state index in [-0.39, 0.29) is 33.9 Å². The zero-order valence-electron chi connectivity index (χ0n) is 114. The lowest BCUT2D eigenvalue weighted by molar-refractivity contribution is -0.127. The average molecular weight is 2040 g/mol. The molecule has 1 aliphatic rings. The summed E-state index contributed by atoms with van der Waals surface area (Å²) < 4.78 is 11.2. The van der Waals surface area contributed by atoms with Gasteiger partial charge < -0.3 is 9.47 Å². The molecule has 2 unspecified atom stereocenters. The second-order valence-electron chi connectivity index (χ2n) is 61.5. The van der Waals surface area contributed by atoms with E-state index in [1.165, 1.54) is 119 Å². The van der Waals surface area contributed by atoms with Crippen LogP contribution in [0.15, 0.2) is 97.1 Å². The Labute approximate surface area is 927 Å². The van der Waals surface area contributed by atoms with Gasteiger partial charge >= 0.3 is 0 Å². The first-order valence-electron chi connectivity index (χ1n) is 61.4. The summed E-state index contributed by atoms with van der Waals surface area (Å²) in [5.74, 6) is 19.1. The molecule has 3 aromatic carbocycles. The fourth-order valence-electron chi connectivity index (χ4n) is 18.2. The molecule has 2 atom stereocenters. The van der Waals surface area contributed by atoms with Gasteiger partial charge in [-0.05, 0) is 314 Å². The van der Waals surface area contributed by atoms with Crippen LogP contribution in [0, 0.1) is 190 Å². The molecule has 0 N–H and O–H groups in total. The lowest BCUT2D eigenvalue weighted by atomic mass is 9.43. The topological polar surface area (TPSA) is 18.5 Å². The van der Waals surface area contributed by atoms with Crippen LogP contribution < -0.4 is 9.47 Å². The molecule has 2 nitrogen and oxygen atoms in total. The largest absolute Gasteiger partial charge is 0.487 e. The van der Waals surface area contributed by atoms with E-state index in [1.807, 2.05) is 52.0 Å². The fraction of sp³-hybridized carbons (Fsp3) is 0.847. The molecule has 0 aromatic heterocycles. The van der Waals surface area contributed by atoms with Crippen molar-refractivity contribution in [2.75, 3.05) is 0 Å². The van der Waals surface area contributed by atoms with Gasteiger partial charge in [0.25, 0.3) is 0 Å². The molecule has 0 radical (unpaired) electrons. The maximum atomic E-state index is 5.62. The summed E-state index contributed by atoms with van der Waals surface area (Å²) in [6, 6.07) is 25.6. The quantitative estimate of drug-likeness (QED) is 0.0415. The number of ether oxygens (including phenoxy) is 2. The van der Waals surface area contributed by atoms with Crippen molar-refractivity contribution < 1.29 is 9.47 Å². The van der Waals surface area contributed by atoms with Crippen LogP contribution in [0.5, 0.6) is 11.5 Å². The maximum Gasteiger partial charge on any atom is 0.161 e. The molecule has 1 aliphatic carbocycles. The molecule has 0 amide bonds. The van der Waals surface area contributed by atoms with E-state index in [1.54, 1.807) is 0 Å². The van der Waals surface area contributed by atoms with Gasteiger partial charge in [0, 0.05) is 0 Å². The summed E-state index contributed by atoms with van der Waals surface area (Å²) in [4.78, 5) is 0. The molecule has 1 saturated carbocycles. The molecule has 0 aliphatic heterocycles. The van der Waals surface area contributed by atoms with E-state index in [9.17, 15) is 0 Å². The van der Waals surface area contributed by atoms with Crippen molar-refractivity contribution in [3.05, 3.63) is 119 Å². The number of hydrogen-bond acceptors (Lipinski definition) is 2. The van der Waals surface area contributed by atoms with Crippen molar-refractivity contribution in [3.63, 3.8) is 0 Å². The van der Waals surface area contributed by atoms with Crippen molar-refractivity contribution in [1.82, 2.24) is 0 Å². The van der Waals surface area contributed by atoms with Gasteiger partial charge in [-0.3, -0.25) is 0 Å². The third-order valence-corrected chi connectivity index (χ3v) is 39.4. The second-order valence-corrected chi connectivity index (χ2v) is 61.5. The summed E-state index contributed by atoms with van der Waals surface area (Å²) >= 11 is 0. The molecule has 3 aromatic rings. The normalized spacial score (nSPS) is 14.7. The van der Waals surface area contributed by atoms with Crippen molar-refractivity contribution in [2.24, 2.45) is 190 Å². The Morgan fingerprint density at radius 1 is 0.253 bits per heavy atom. The molecule has 0 saturated heterocycles. The zero-order valence-corrected chi connectivity index (χ0v) is 114. The lowest BCUT2D eigenvalue weighted by Gasteiger charge is -2.61. The molecule has 0 bridgehead atoms.